The average molecular weight is 296 g/mol. The van der Waals surface area contributed by atoms with Crippen LogP contribution in [0.2, 0.25) is 5.02 Å². The summed E-state index contributed by atoms with van der Waals surface area (Å²) in [6, 6.07) is 7.27. The Kier molecular flexibility index (Phi) is 3.78. The second-order valence-electron chi connectivity index (χ2n) is 5.94. The van der Waals surface area contributed by atoms with Gasteiger partial charge in [-0.3, -0.25) is 9.59 Å². The van der Waals surface area contributed by atoms with Crippen LogP contribution in [0.1, 0.15) is 19.4 Å². The lowest BCUT2D eigenvalue weighted by Gasteiger charge is -2.18. The molecule has 2 rings (SSSR count). The molecule has 1 aromatic carbocycles. The van der Waals surface area contributed by atoms with Gasteiger partial charge in [0.15, 0.2) is 0 Å². The van der Waals surface area contributed by atoms with E-state index in [2.05, 4.69) is 0 Å². The maximum Gasteiger partial charge on any atom is 0.307 e. The molecule has 0 unspecified atom stereocenters. The van der Waals surface area contributed by atoms with Gasteiger partial charge in [0.25, 0.3) is 0 Å². The van der Waals surface area contributed by atoms with Crippen LogP contribution in [-0.4, -0.2) is 28.9 Å². The number of carboxylic acids is 1. The molecule has 1 aliphatic carbocycles. The van der Waals surface area contributed by atoms with Crippen molar-refractivity contribution >= 4 is 23.5 Å². The van der Waals surface area contributed by atoms with Gasteiger partial charge in [-0.05, 0) is 23.1 Å². The number of carboxylic acid groups (broad SMARTS) is 1. The molecular weight excluding hydrogens is 278 g/mol. The first-order chi connectivity index (χ1) is 9.25. The Hall–Kier alpha value is -1.55. The highest BCUT2D eigenvalue weighted by Gasteiger charge is 2.66. The van der Waals surface area contributed by atoms with Gasteiger partial charge in [0, 0.05) is 18.6 Å². The predicted molar refractivity (Wildman–Crippen MR) is 76.3 cm³/mol. The van der Waals surface area contributed by atoms with Gasteiger partial charge in [-0.15, -0.1) is 0 Å². The maximum absolute atomic E-state index is 12.3. The molecule has 108 valence electrons. The zero-order valence-electron chi connectivity index (χ0n) is 11.8. The summed E-state index contributed by atoms with van der Waals surface area (Å²) in [6.45, 7) is 4.10. The minimum absolute atomic E-state index is 0.114. The van der Waals surface area contributed by atoms with Crippen molar-refractivity contribution in [2.75, 3.05) is 7.05 Å². The lowest BCUT2D eigenvalue weighted by Crippen LogP contribution is -2.29. The first kappa shape index (κ1) is 14.9. The van der Waals surface area contributed by atoms with Crippen LogP contribution in [0.4, 0.5) is 0 Å². The topological polar surface area (TPSA) is 57.6 Å². The van der Waals surface area contributed by atoms with Crippen molar-refractivity contribution in [3.63, 3.8) is 0 Å². The van der Waals surface area contributed by atoms with E-state index in [1.165, 1.54) is 0 Å². The van der Waals surface area contributed by atoms with E-state index in [-0.39, 0.29) is 5.91 Å². The Morgan fingerprint density at radius 1 is 1.25 bits per heavy atom. The molecule has 20 heavy (non-hydrogen) atoms. The largest absolute Gasteiger partial charge is 0.481 e. The van der Waals surface area contributed by atoms with Crippen LogP contribution < -0.4 is 0 Å². The summed E-state index contributed by atoms with van der Waals surface area (Å²) >= 11 is 5.82. The lowest BCUT2D eigenvalue weighted by molar-refractivity contribution is -0.141. The van der Waals surface area contributed by atoms with E-state index in [0.717, 1.165) is 5.56 Å². The Morgan fingerprint density at radius 2 is 1.80 bits per heavy atom. The third kappa shape index (κ3) is 2.66. The number of nitrogens with zero attached hydrogens (tertiary/aromatic N) is 1. The van der Waals surface area contributed by atoms with E-state index in [4.69, 9.17) is 16.7 Å². The molecule has 0 aromatic heterocycles. The molecule has 1 amide bonds. The first-order valence-corrected chi connectivity index (χ1v) is 6.85. The van der Waals surface area contributed by atoms with Crippen molar-refractivity contribution in [1.82, 2.24) is 4.90 Å². The summed E-state index contributed by atoms with van der Waals surface area (Å²) in [5.41, 5.74) is 0.507. The van der Waals surface area contributed by atoms with Gasteiger partial charge >= 0.3 is 5.97 Å². The average Bonchev–Trinajstić information content (AvgIpc) is 2.94. The van der Waals surface area contributed by atoms with Crippen molar-refractivity contribution in [1.29, 1.82) is 0 Å². The molecule has 1 aliphatic rings. The van der Waals surface area contributed by atoms with Crippen LogP contribution in [-0.2, 0) is 16.1 Å². The van der Waals surface area contributed by atoms with Crippen molar-refractivity contribution in [2.45, 2.75) is 20.4 Å². The lowest BCUT2D eigenvalue weighted by atomic mass is 10.1. The van der Waals surface area contributed by atoms with Gasteiger partial charge < -0.3 is 10.0 Å². The number of benzene rings is 1. The van der Waals surface area contributed by atoms with E-state index < -0.39 is 23.2 Å². The highest BCUT2D eigenvalue weighted by molar-refractivity contribution is 6.30. The molecule has 0 heterocycles. The van der Waals surface area contributed by atoms with Crippen LogP contribution in [0.15, 0.2) is 24.3 Å². The number of amides is 1. The zero-order chi connectivity index (χ0) is 15.1. The number of halogens is 1. The Morgan fingerprint density at radius 3 is 2.25 bits per heavy atom. The number of hydrogen-bond donors (Lipinski definition) is 1. The SMILES string of the molecule is CN(Cc1ccc(Cl)cc1)C(=O)[C@H]1[C@@H](C(=O)O)C1(C)C. The van der Waals surface area contributed by atoms with Crippen LogP contribution in [0.25, 0.3) is 0 Å². The monoisotopic (exact) mass is 295 g/mol. The summed E-state index contributed by atoms with van der Waals surface area (Å²) in [7, 11) is 1.70. The van der Waals surface area contributed by atoms with E-state index in [0.29, 0.717) is 11.6 Å². The van der Waals surface area contributed by atoms with Gasteiger partial charge in [-0.2, -0.15) is 0 Å². The fourth-order valence-corrected chi connectivity index (χ4v) is 2.86. The fraction of sp³-hybridized carbons (Fsp3) is 0.467. The molecule has 1 aromatic rings. The molecule has 4 nitrogen and oxygen atoms in total. The molecule has 0 spiro atoms. The highest BCUT2D eigenvalue weighted by Crippen LogP contribution is 2.58. The first-order valence-electron chi connectivity index (χ1n) is 6.47. The summed E-state index contributed by atoms with van der Waals surface area (Å²) in [4.78, 5) is 25.1. The third-order valence-electron chi connectivity index (χ3n) is 4.07. The third-order valence-corrected chi connectivity index (χ3v) is 4.32. The van der Waals surface area contributed by atoms with Crippen molar-refractivity contribution in [3.05, 3.63) is 34.9 Å². The number of carbonyl (C=O) groups is 2. The summed E-state index contributed by atoms with van der Waals surface area (Å²) in [6.07, 6.45) is 0. The highest BCUT2D eigenvalue weighted by atomic mass is 35.5. The van der Waals surface area contributed by atoms with Crippen LogP contribution in [0, 0.1) is 17.3 Å². The van der Waals surface area contributed by atoms with Crippen LogP contribution >= 0.6 is 11.6 Å². The molecule has 1 fully saturated rings. The minimum Gasteiger partial charge on any atom is -0.481 e. The van der Waals surface area contributed by atoms with Gasteiger partial charge in [0.05, 0.1) is 11.8 Å². The molecule has 0 aliphatic heterocycles. The number of hydrogen-bond acceptors (Lipinski definition) is 2. The number of rotatable bonds is 4. The summed E-state index contributed by atoms with van der Waals surface area (Å²) in [5.74, 6) is -2.02. The molecule has 0 bridgehead atoms. The van der Waals surface area contributed by atoms with Crippen LogP contribution in [0.3, 0.4) is 0 Å². The van der Waals surface area contributed by atoms with Gasteiger partial charge in [-0.1, -0.05) is 37.6 Å². The Bertz CT molecular complexity index is 539. The normalized spacial score (nSPS) is 23.2. The fourth-order valence-electron chi connectivity index (χ4n) is 2.74. The second-order valence-corrected chi connectivity index (χ2v) is 6.37. The van der Waals surface area contributed by atoms with Gasteiger partial charge in [0.1, 0.15) is 0 Å². The van der Waals surface area contributed by atoms with E-state index in [1.54, 1.807) is 24.1 Å². The quantitative estimate of drug-likeness (QED) is 0.929. The van der Waals surface area contributed by atoms with Crippen LogP contribution in [0.5, 0.6) is 0 Å². The predicted octanol–water partition coefficient (Wildman–Crippen LogP) is 2.66. The summed E-state index contributed by atoms with van der Waals surface area (Å²) < 4.78 is 0. The van der Waals surface area contributed by atoms with Crippen molar-refractivity contribution < 1.29 is 14.7 Å². The van der Waals surface area contributed by atoms with Crippen molar-refractivity contribution in [3.8, 4) is 0 Å². The second kappa shape index (κ2) is 5.09. The number of carbonyl (C=O) groups excluding carboxylic acids is 1. The smallest absolute Gasteiger partial charge is 0.307 e. The van der Waals surface area contributed by atoms with Crippen molar-refractivity contribution in [2.24, 2.45) is 17.3 Å². The van der Waals surface area contributed by atoms with E-state index >= 15 is 0 Å². The molecule has 0 saturated heterocycles. The zero-order valence-corrected chi connectivity index (χ0v) is 12.5. The molecule has 2 atom stereocenters. The molecule has 1 N–H and O–H groups in total. The van der Waals surface area contributed by atoms with E-state index in [1.807, 2.05) is 26.0 Å². The minimum atomic E-state index is -0.895. The molecule has 1 saturated carbocycles. The standard InChI is InChI=1S/C15H18ClNO3/c1-15(2)11(12(15)14(19)20)13(18)17(3)8-9-4-6-10(16)7-5-9/h4-7,11-12H,8H2,1-3H3,(H,19,20)/t11-,12+/m1/s1. The maximum atomic E-state index is 12.3. The number of aliphatic carboxylic acids is 1. The Balaban J connectivity index is 2.03. The van der Waals surface area contributed by atoms with Gasteiger partial charge in [0.2, 0.25) is 5.91 Å². The molecule has 5 heteroatoms. The molecular formula is C15H18ClNO3. The van der Waals surface area contributed by atoms with Gasteiger partial charge in [-0.25, -0.2) is 0 Å². The summed E-state index contributed by atoms with van der Waals surface area (Å²) in [5, 5.41) is 9.77. The van der Waals surface area contributed by atoms with E-state index in [9.17, 15) is 9.59 Å². The molecule has 0 radical (unpaired) electrons. The Labute approximate surface area is 123 Å².